The van der Waals surface area contributed by atoms with Gasteiger partial charge in [0.15, 0.2) is 0 Å². The van der Waals surface area contributed by atoms with Crippen LogP contribution in [0.1, 0.15) is 18.4 Å². The quantitative estimate of drug-likeness (QED) is 0.642. The van der Waals surface area contributed by atoms with E-state index < -0.39 is 0 Å². The summed E-state index contributed by atoms with van der Waals surface area (Å²) in [6.07, 6.45) is 3.67. The topological polar surface area (TPSA) is 9.23 Å². The fourth-order valence-electron chi connectivity index (χ4n) is 1.16. The fourth-order valence-corrected chi connectivity index (χ4v) is 1.16. The van der Waals surface area contributed by atoms with Crippen molar-refractivity contribution >= 4 is 0 Å². The van der Waals surface area contributed by atoms with Crippen molar-refractivity contribution in [2.24, 2.45) is 0 Å². The molecule has 0 radical (unpaired) electrons. The van der Waals surface area contributed by atoms with Crippen LogP contribution in [-0.4, -0.2) is 6.61 Å². The van der Waals surface area contributed by atoms with Crippen molar-refractivity contribution in [3.63, 3.8) is 0 Å². The van der Waals surface area contributed by atoms with Gasteiger partial charge in [-0.2, -0.15) is 0 Å². The number of allylic oxidation sites excluding steroid dienone is 1. The molecule has 1 heteroatoms. The molecule has 0 aliphatic carbocycles. The highest BCUT2D eigenvalue weighted by molar-refractivity contribution is 5.30. The molecule has 0 N–H and O–H groups in total. The second kappa shape index (κ2) is 5.28. The average molecular weight is 188 g/mol. The lowest BCUT2D eigenvalue weighted by Crippen LogP contribution is -1.93. The SMILES string of the molecule is C=CCOc1ccc(C(C)C=C)cc1. The Bertz CT molecular complexity index is 298. The number of hydrogen-bond acceptors (Lipinski definition) is 1. The minimum Gasteiger partial charge on any atom is -0.490 e. The molecule has 0 aliphatic heterocycles. The van der Waals surface area contributed by atoms with Crippen LogP contribution in [0.5, 0.6) is 5.75 Å². The van der Waals surface area contributed by atoms with Gasteiger partial charge in [-0.3, -0.25) is 0 Å². The Morgan fingerprint density at radius 3 is 2.43 bits per heavy atom. The van der Waals surface area contributed by atoms with Gasteiger partial charge in [0.25, 0.3) is 0 Å². The third kappa shape index (κ3) is 2.77. The Labute approximate surface area is 85.7 Å². The summed E-state index contributed by atoms with van der Waals surface area (Å²) >= 11 is 0. The minimum atomic E-state index is 0.392. The predicted octanol–water partition coefficient (Wildman–Crippen LogP) is 3.54. The standard InChI is InChI=1S/C13H16O/c1-4-10-14-13-8-6-12(7-9-13)11(3)5-2/h4-9,11H,1-2,10H2,3H3. The van der Waals surface area contributed by atoms with Crippen LogP contribution >= 0.6 is 0 Å². The second-order valence-electron chi connectivity index (χ2n) is 3.19. The molecule has 0 spiro atoms. The van der Waals surface area contributed by atoms with Crippen molar-refractivity contribution < 1.29 is 4.74 Å². The lowest BCUT2D eigenvalue weighted by molar-refractivity contribution is 0.363. The van der Waals surface area contributed by atoms with Crippen molar-refractivity contribution in [2.75, 3.05) is 6.61 Å². The molecular weight excluding hydrogens is 172 g/mol. The van der Waals surface area contributed by atoms with E-state index in [2.05, 4.69) is 32.2 Å². The third-order valence-electron chi connectivity index (χ3n) is 2.13. The normalized spacial score (nSPS) is 11.8. The number of rotatable bonds is 5. The molecule has 0 aliphatic rings. The van der Waals surface area contributed by atoms with Crippen LogP contribution in [0.3, 0.4) is 0 Å². The van der Waals surface area contributed by atoms with E-state index in [1.54, 1.807) is 6.08 Å². The molecule has 74 valence electrons. The monoisotopic (exact) mass is 188 g/mol. The van der Waals surface area contributed by atoms with E-state index in [9.17, 15) is 0 Å². The molecule has 14 heavy (non-hydrogen) atoms. The van der Waals surface area contributed by atoms with Gasteiger partial charge in [0.1, 0.15) is 12.4 Å². The molecule has 0 aromatic heterocycles. The molecule has 1 rings (SSSR count). The Balaban J connectivity index is 2.67. The Hall–Kier alpha value is -1.50. The average Bonchev–Trinajstić information content (AvgIpc) is 2.26. The maximum Gasteiger partial charge on any atom is 0.119 e. The fraction of sp³-hybridized carbons (Fsp3) is 0.231. The van der Waals surface area contributed by atoms with Crippen LogP contribution in [0.25, 0.3) is 0 Å². The first-order valence-electron chi connectivity index (χ1n) is 4.74. The van der Waals surface area contributed by atoms with E-state index in [4.69, 9.17) is 4.74 Å². The van der Waals surface area contributed by atoms with Crippen molar-refractivity contribution in [3.05, 3.63) is 55.1 Å². The van der Waals surface area contributed by atoms with Crippen LogP contribution in [0.15, 0.2) is 49.6 Å². The third-order valence-corrected chi connectivity index (χ3v) is 2.13. The summed E-state index contributed by atoms with van der Waals surface area (Å²) in [4.78, 5) is 0. The van der Waals surface area contributed by atoms with E-state index >= 15 is 0 Å². The zero-order valence-electron chi connectivity index (χ0n) is 8.57. The Morgan fingerprint density at radius 1 is 1.29 bits per heavy atom. The summed E-state index contributed by atoms with van der Waals surface area (Å²) in [5, 5.41) is 0. The summed E-state index contributed by atoms with van der Waals surface area (Å²) in [5.74, 6) is 1.27. The van der Waals surface area contributed by atoms with Crippen molar-refractivity contribution in [2.45, 2.75) is 12.8 Å². The maximum absolute atomic E-state index is 5.38. The van der Waals surface area contributed by atoms with Crippen LogP contribution in [0, 0.1) is 0 Å². The first kappa shape index (κ1) is 10.6. The molecule has 1 aromatic carbocycles. The van der Waals surface area contributed by atoms with Gasteiger partial charge in [0.2, 0.25) is 0 Å². The van der Waals surface area contributed by atoms with Gasteiger partial charge in [0, 0.05) is 0 Å². The summed E-state index contributed by atoms with van der Waals surface area (Å²) in [5.41, 5.74) is 1.26. The lowest BCUT2D eigenvalue weighted by Gasteiger charge is -2.07. The highest BCUT2D eigenvalue weighted by atomic mass is 16.5. The van der Waals surface area contributed by atoms with Gasteiger partial charge in [-0.1, -0.05) is 37.8 Å². The predicted molar refractivity (Wildman–Crippen MR) is 60.7 cm³/mol. The molecule has 0 bridgehead atoms. The van der Waals surface area contributed by atoms with E-state index in [0.717, 1.165) is 5.75 Å². The van der Waals surface area contributed by atoms with E-state index in [-0.39, 0.29) is 0 Å². The number of benzene rings is 1. The first-order valence-corrected chi connectivity index (χ1v) is 4.74. The Morgan fingerprint density at radius 2 is 1.93 bits per heavy atom. The second-order valence-corrected chi connectivity index (χ2v) is 3.19. The number of ether oxygens (including phenoxy) is 1. The molecule has 1 nitrogen and oxygen atoms in total. The van der Waals surface area contributed by atoms with Gasteiger partial charge < -0.3 is 4.74 Å². The lowest BCUT2D eigenvalue weighted by atomic mass is 10.0. The summed E-state index contributed by atoms with van der Waals surface area (Å²) < 4.78 is 5.38. The van der Waals surface area contributed by atoms with Gasteiger partial charge in [-0.15, -0.1) is 6.58 Å². The largest absolute Gasteiger partial charge is 0.490 e. The molecule has 1 unspecified atom stereocenters. The van der Waals surface area contributed by atoms with Crippen molar-refractivity contribution in [3.8, 4) is 5.75 Å². The molecular formula is C13H16O. The minimum absolute atomic E-state index is 0.392. The van der Waals surface area contributed by atoms with E-state index in [1.165, 1.54) is 5.56 Å². The summed E-state index contributed by atoms with van der Waals surface area (Å²) in [6, 6.07) is 8.06. The van der Waals surface area contributed by atoms with Gasteiger partial charge >= 0.3 is 0 Å². The molecule has 1 atom stereocenters. The zero-order chi connectivity index (χ0) is 10.4. The van der Waals surface area contributed by atoms with Crippen LogP contribution < -0.4 is 4.74 Å². The van der Waals surface area contributed by atoms with Gasteiger partial charge in [-0.05, 0) is 23.6 Å². The summed E-state index contributed by atoms with van der Waals surface area (Å²) in [6.45, 7) is 10.0. The molecule has 1 aromatic rings. The molecule has 0 amide bonds. The van der Waals surface area contributed by atoms with Gasteiger partial charge in [0.05, 0.1) is 0 Å². The molecule has 0 fully saturated rings. The van der Waals surface area contributed by atoms with E-state index in [1.807, 2.05) is 18.2 Å². The maximum atomic E-state index is 5.38. The van der Waals surface area contributed by atoms with Crippen molar-refractivity contribution in [1.82, 2.24) is 0 Å². The molecule has 0 saturated heterocycles. The smallest absolute Gasteiger partial charge is 0.119 e. The van der Waals surface area contributed by atoms with Crippen LogP contribution in [0.4, 0.5) is 0 Å². The number of hydrogen-bond donors (Lipinski definition) is 0. The Kier molecular flexibility index (Phi) is 3.99. The first-order chi connectivity index (χ1) is 6.77. The summed E-state index contributed by atoms with van der Waals surface area (Å²) in [7, 11) is 0. The van der Waals surface area contributed by atoms with Crippen LogP contribution in [0.2, 0.25) is 0 Å². The molecule has 0 saturated carbocycles. The van der Waals surface area contributed by atoms with Gasteiger partial charge in [-0.25, -0.2) is 0 Å². The zero-order valence-corrected chi connectivity index (χ0v) is 8.57. The highest BCUT2D eigenvalue weighted by Crippen LogP contribution is 2.19. The molecule has 0 heterocycles. The van der Waals surface area contributed by atoms with E-state index in [0.29, 0.717) is 12.5 Å². The highest BCUT2D eigenvalue weighted by Gasteiger charge is 2.00. The van der Waals surface area contributed by atoms with Crippen LogP contribution in [-0.2, 0) is 0 Å². The van der Waals surface area contributed by atoms with Crippen molar-refractivity contribution in [1.29, 1.82) is 0 Å².